The van der Waals surface area contributed by atoms with Gasteiger partial charge in [0.2, 0.25) is 0 Å². The summed E-state index contributed by atoms with van der Waals surface area (Å²) < 4.78 is 12.8. The van der Waals surface area contributed by atoms with Crippen molar-refractivity contribution in [2.75, 3.05) is 0 Å². The minimum absolute atomic E-state index is 0. The number of nitrogens with zero attached hydrogens (tertiary/aromatic N) is 4. The maximum Gasteiger partial charge on any atom is 0.267 e. The Hall–Kier alpha value is -6.81. The number of fused-ring (bicyclic) bond motifs is 3. The predicted octanol–water partition coefficient (Wildman–Crippen LogP) is 12.3. The van der Waals surface area contributed by atoms with E-state index in [9.17, 15) is 0 Å². The molecule has 0 saturated heterocycles. The number of pyridine rings is 1. The molecule has 294 valence electrons. The van der Waals surface area contributed by atoms with Gasteiger partial charge in [0, 0.05) is 56.7 Å². The summed E-state index contributed by atoms with van der Waals surface area (Å²) in [6.45, 7) is 4.59. The molecule has 0 radical (unpaired) electrons. The number of imidazole rings is 1. The molecule has 0 amide bonds. The van der Waals surface area contributed by atoms with Gasteiger partial charge in [0.1, 0.15) is 5.82 Å². The molecule has 7 aromatic carbocycles. The first-order chi connectivity index (χ1) is 29.0. The fourth-order valence-electron chi connectivity index (χ4n) is 8.20. The Labute approximate surface area is 365 Å². The molecule has 5 nitrogen and oxygen atoms in total. The summed E-state index contributed by atoms with van der Waals surface area (Å²) >= 11 is 0. The maximum atomic E-state index is 6.54. The zero-order chi connectivity index (χ0) is 39.8. The molecule has 10 aromatic rings. The first-order valence-electron chi connectivity index (χ1n) is 19.9. The number of aromatic nitrogens is 4. The predicted molar refractivity (Wildman–Crippen MR) is 237 cm³/mol. The molecule has 3 heterocycles. The van der Waals surface area contributed by atoms with Crippen LogP contribution in [0.4, 0.5) is 0 Å². The topological polar surface area (TPSA) is 35.9 Å². The molecule has 10 rings (SSSR count). The van der Waals surface area contributed by atoms with Gasteiger partial charge in [0.15, 0.2) is 0 Å². The minimum atomic E-state index is -0.0463. The van der Waals surface area contributed by atoms with Gasteiger partial charge >= 0.3 is 0 Å². The number of benzene rings is 7. The Kier molecular flexibility index (Phi) is 10.6. The van der Waals surface area contributed by atoms with Gasteiger partial charge in [-0.05, 0) is 74.5 Å². The Balaban J connectivity index is 0.00000462. The summed E-state index contributed by atoms with van der Waals surface area (Å²) in [6.07, 6.45) is 10.4. The Morgan fingerprint density at radius 2 is 1.28 bits per heavy atom. The van der Waals surface area contributed by atoms with Gasteiger partial charge in [-0.2, -0.15) is 18.2 Å². The van der Waals surface area contributed by atoms with Crippen LogP contribution in [0.15, 0.2) is 195 Å². The van der Waals surface area contributed by atoms with Gasteiger partial charge in [0.05, 0.1) is 5.69 Å². The van der Waals surface area contributed by atoms with Crippen LogP contribution in [0, 0.1) is 18.5 Å². The maximum absolute atomic E-state index is 6.54. The van der Waals surface area contributed by atoms with Crippen LogP contribution in [0.5, 0.6) is 11.5 Å². The quantitative estimate of drug-likeness (QED) is 0.101. The number of rotatable bonds is 10. The molecule has 0 bridgehead atoms. The van der Waals surface area contributed by atoms with E-state index in [-0.39, 0.29) is 26.5 Å². The summed E-state index contributed by atoms with van der Waals surface area (Å²) in [5.74, 6) is 2.01. The van der Waals surface area contributed by atoms with Crippen LogP contribution >= 0.6 is 0 Å². The van der Waals surface area contributed by atoms with Gasteiger partial charge in [-0.3, -0.25) is 4.57 Å². The van der Waals surface area contributed by atoms with Crippen molar-refractivity contribution in [2.24, 2.45) is 0 Å². The smallest absolute Gasteiger partial charge is 0.267 e. The van der Waals surface area contributed by atoms with Gasteiger partial charge in [0.25, 0.3) is 6.33 Å². The first-order valence-corrected chi connectivity index (χ1v) is 19.9. The number of ether oxygens (including phenoxy) is 1. The van der Waals surface area contributed by atoms with Crippen molar-refractivity contribution in [2.45, 2.75) is 25.7 Å². The van der Waals surface area contributed by atoms with E-state index in [1.165, 1.54) is 11.1 Å². The summed E-state index contributed by atoms with van der Waals surface area (Å²) in [4.78, 5) is 4.90. The number of para-hydroxylation sites is 2. The van der Waals surface area contributed by atoms with Crippen molar-refractivity contribution in [3.63, 3.8) is 0 Å². The fraction of sp³-hybridized carbons (Fsp3) is 0.0741. The molecule has 0 N–H and O–H groups in total. The van der Waals surface area contributed by atoms with Crippen molar-refractivity contribution in [3.05, 3.63) is 224 Å². The average molecular weight is 956 g/mol. The zero-order valence-electron chi connectivity index (χ0n) is 33.2. The van der Waals surface area contributed by atoms with E-state index in [4.69, 9.17) is 9.72 Å². The van der Waals surface area contributed by atoms with Crippen molar-refractivity contribution in [3.8, 4) is 50.9 Å². The summed E-state index contributed by atoms with van der Waals surface area (Å²) in [5, 5.41) is 2.22. The van der Waals surface area contributed by atoms with Crippen LogP contribution in [0.1, 0.15) is 25.0 Å². The van der Waals surface area contributed by atoms with E-state index >= 15 is 0 Å². The van der Waals surface area contributed by atoms with E-state index in [0.29, 0.717) is 11.5 Å². The van der Waals surface area contributed by atoms with Gasteiger partial charge in [-0.25, -0.2) is 4.98 Å². The minimum Gasteiger partial charge on any atom is -0.510 e. The van der Waals surface area contributed by atoms with Gasteiger partial charge in [-0.15, -0.1) is 29.7 Å². The van der Waals surface area contributed by atoms with Crippen LogP contribution in [0.2, 0.25) is 0 Å². The molecule has 0 fully saturated rings. The molecule has 0 aliphatic heterocycles. The van der Waals surface area contributed by atoms with E-state index in [0.717, 1.165) is 67.7 Å². The van der Waals surface area contributed by atoms with Crippen molar-refractivity contribution in [1.82, 2.24) is 14.1 Å². The standard InChI is InChI=1S/C54H40N4O.Pt/c1-54(2,42-20-10-5-11-21-42)37-39-30-31-55-52(34-39)58-50-27-13-12-24-48(50)49-29-28-45(36-51(49)58)59-44-23-14-22-43(35-44)56-32-33-57(38-56)53-46(40-16-6-3-7-17-40)25-15-26-47(53)41-18-8-4-9-19-41;/h3-34H,37H2,1-2H3;/q-2;. The number of hydrogen-bond donors (Lipinski definition) is 0. The molecular weight excluding hydrogens is 916 g/mol. The molecule has 0 spiro atoms. The second-order valence-corrected chi connectivity index (χ2v) is 15.5. The molecule has 0 aliphatic carbocycles. The molecule has 3 aromatic heterocycles. The van der Waals surface area contributed by atoms with E-state index < -0.39 is 0 Å². The largest absolute Gasteiger partial charge is 0.510 e. The molecule has 0 atom stereocenters. The van der Waals surface area contributed by atoms with Crippen LogP contribution in [0.25, 0.3) is 61.3 Å². The molecule has 0 saturated carbocycles. The third kappa shape index (κ3) is 7.49. The average Bonchev–Trinajstić information content (AvgIpc) is 3.91. The van der Waals surface area contributed by atoms with E-state index in [1.54, 1.807) is 0 Å². The second-order valence-electron chi connectivity index (χ2n) is 15.5. The summed E-state index contributed by atoms with van der Waals surface area (Å²) in [7, 11) is 0. The van der Waals surface area contributed by atoms with Crippen LogP contribution in [-0.2, 0) is 32.9 Å². The van der Waals surface area contributed by atoms with Crippen molar-refractivity contribution < 1.29 is 30.4 Å². The zero-order valence-corrected chi connectivity index (χ0v) is 35.5. The third-order valence-electron chi connectivity index (χ3n) is 11.1. The Bertz CT molecular complexity index is 3020. The third-order valence-corrected chi connectivity index (χ3v) is 11.1. The van der Waals surface area contributed by atoms with E-state index in [2.05, 4.69) is 181 Å². The summed E-state index contributed by atoms with van der Waals surface area (Å²) in [6, 6.07) is 68.0. The Morgan fingerprint density at radius 1 is 0.633 bits per heavy atom. The molecule has 0 aliphatic rings. The van der Waals surface area contributed by atoms with Crippen LogP contribution in [0.3, 0.4) is 0 Å². The Morgan fingerprint density at radius 3 is 2.02 bits per heavy atom. The molecule has 6 heteroatoms. The fourth-order valence-corrected chi connectivity index (χ4v) is 8.20. The van der Waals surface area contributed by atoms with Crippen LogP contribution in [-0.4, -0.2) is 14.1 Å². The molecule has 0 unspecified atom stereocenters. The SMILES string of the molecule is CC(C)(Cc1ccnc(-n2c3[c-]c(Oc4[c-]c(-n5[c-][n+](-c6c(-c7ccccc7)cccc6-c6ccccc6)cc5)ccc4)ccc3c3ccccc32)c1)c1ccccc1.[Pt]. The van der Waals surface area contributed by atoms with Gasteiger partial charge in [-0.1, -0.05) is 147 Å². The second kappa shape index (κ2) is 16.4. The first kappa shape index (κ1) is 38.7. The normalized spacial score (nSPS) is 11.4. The van der Waals surface area contributed by atoms with Crippen molar-refractivity contribution >= 4 is 21.8 Å². The van der Waals surface area contributed by atoms with Gasteiger partial charge < -0.3 is 13.9 Å². The molecular formula is C54H40N4OPt-2. The summed E-state index contributed by atoms with van der Waals surface area (Å²) in [5.41, 5.74) is 10.8. The van der Waals surface area contributed by atoms with E-state index in [1.807, 2.05) is 59.6 Å². The van der Waals surface area contributed by atoms with Crippen LogP contribution < -0.4 is 9.30 Å². The monoisotopic (exact) mass is 955 g/mol. The molecule has 60 heavy (non-hydrogen) atoms. The number of hydrogen-bond acceptors (Lipinski definition) is 2. The van der Waals surface area contributed by atoms with Crippen molar-refractivity contribution in [1.29, 1.82) is 0 Å².